The van der Waals surface area contributed by atoms with Crippen molar-refractivity contribution in [3.8, 4) is 0 Å². The molecule has 3 amide bonds. The first-order chi connectivity index (χ1) is 18.5. The summed E-state index contributed by atoms with van der Waals surface area (Å²) in [6.07, 6.45) is 9.26. The second kappa shape index (κ2) is 12.1. The molecule has 3 fully saturated rings. The Morgan fingerprint density at radius 3 is 2.54 bits per heavy atom. The van der Waals surface area contributed by atoms with E-state index in [0.717, 1.165) is 31.4 Å². The zero-order chi connectivity index (χ0) is 28.2. The van der Waals surface area contributed by atoms with Gasteiger partial charge >= 0.3 is 0 Å². The fraction of sp³-hybridized carbons (Fsp3) is 0.607. The number of primary amides is 1. The van der Waals surface area contributed by atoms with E-state index in [2.05, 4.69) is 10.0 Å². The number of β-amino-alcohol motifs (C(OH)–C–C–N with tert-alkyl or cyclic N) is 1. The molecule has 10 nitrogen and oxygen atoms in total. The number of unbranched alkanes of at least 4 members (excludes halogenated alkanes) is 3. The minimum Gasteiger partial charge on any atom is -0.391 e. The van der Waals surface area contributed by atoms with Crippen molar-refractivity contribution in [2.24, 2.45) is 17.6 Å². The highest BCUT2D eigenvalue weighted by Gasteiger charge is 2.52. The van der Waals surface area contributed by atoms with E-state index in [1.165, 1.54) is 4.90 Å². The van der Waals surface area contributed by atoms with Gasteiger partial charge in [0.05, 0.1) is 10.9 Å². The van der Waals surface area contributed by atoms with E-state index in [1.807, 2.05) is 42.5 Å². The van der Waals surface area contributed by atoms with Crippen LogP contribution in [0.1, 0.15) is 64.7 Å². The zero-order valence-electron chi connectivity index (χ0n) is 22.4. The third-order valence-corrected chi connectivity index (χ3v) is 10.2. The van der Waals surface area contributed by atoms with Gasteiger partial charge in [-0.25, -0.2) is 8.42 Å². The van der Waals surface area contributed by atoms with Crippen molar-refractivity contribution in [3.05, 3.63) is 42.5 Å². The van der Waals surface area contributed by atoms with E-state index in [0.29, 0.717) is 25.7 Å². The summed E-state index contributed by atoms with van der Waals surface area (Å²) < 4.78 is 26.0. The van der Waals surface area contributed by atoms with Crippen molar-refractivity contribution in [1.29, 1.82) is 0 Å². The summed E-state index contributed by atoms with van der Waals surface area (Å²) in [5.74, 6) is -1.45. The summed E-state index contributed by atoms with van der Waals surface area (Å²) in [6, 6.07) is 8.05. The number of carbonyl (C=O) groups is 3. The van der Waals surface area contributed by atoms with Crippen LogP contribution in [0.4, 0.5) is 5.69 Å². The van der Waals surface area contributed by atoms with Crippen molar-refractivity contribution in [1.82, 2.24) is 9.62 Å². The minimum absolute atomic E-state index is 0.0818. The van der Waals surface area contributed by atoms with Crippen LogP contribution in [-0.2, 0) is 24.4 Å². The number of aliphatic hydroxyl groups is 1. The molecule has 3 aliphatic rings. The van der Waals surface area contributed by atoms with Crippen LogP contribution in [0, 0.1) is 11.8 Å². The van der Waals surface area contributed by atoms with Gasteiger partial charge in [0, 0.05) is 24.6 Å². The lowest BCUT2D eigenvalue weighted by atomic mass is 10.0. The number of nitrogens with zero attached hydrogens (tertiary/aromatic N) is 1. The smallest absolute Gasteiger partial charge is 0.245 e. The van der Waals surface area contributed by atoms with Crippen molar-refractivity contribution in [2.75, 3.05) is 11.9 Å². The number of aliphatic hydroxyl groups excluding tert-OH is 1. The van der Waals surface area contributed by atoms with Crippen LogP contribution < -0.4 is 15.8 Å². The summed E-state index contributed by atoms with van der Waals surface area (Å²) in [6.45, 7) is 1.76. The molecule has 1 aromatic rings. The number of anilines is 1. The molecule has 11 heteroatoms. The lowest BCUT2D eigenvalue weighted by Crippen LogP contribution is -2.49. The lowest BCUT2D eigenvalue weighted by molar-refractivity contribution is -0.138. The van der Waals surface area contributed by atoms with Crippen LogP contribution in [0.5, 0.6) is 0 Å². The van der Waals surface area contributed by atoms with Crippen LogP contribution in [0.3, 0.4) is 0 Å². The number of hydrogen-bond acceptors (Lipinski definition) is 7. The summed E-state index contributed by atoms with van der Waals surface area (Å²) in [4.78, 5) is 38.9. The third kappa shape index (κ3) is 7.39. The van der Waals surface area contributed by atoms with Gasteiger partial charge in [-0.2, -0.15) is 0 Å². The molecule has 5 N–H and O–H groups in total. The highest BCUT2D eigenvalue weighted by Crippen LogP contribution is 2.44. The predicted molar refractivity (Wildman–Crippen MR) is 148 cm³/mol. The van der Waals surface area contributed by atoms with Crippen molar-refractivity contribution in [3.63, 3.8) is 0 Å². The molecule has 2 saturated carbocycles. The van der Waals surface area contributed by atoms with Crippen LogP contribution >= 0.6 is 0 Å². The van der Waals surface area contributed by atoms with E-state index < -0.39 is 44.8 Å². The van der Waals surface area contributed by atoms with Crippen molar-refractivity contribution in [2.45, 2.75) is 87.6 Å². The van der Waals surface area contributed by atoms with Crippen molar-refractivity contribution >= 4 is 33.4 Å². The molecule has 0 bridgehead atoms. The number of amides is 3. The lowest BCUT2D eigenvalue weighted by Gasteiger charge is -2.28. The number of nitrogens with two attached hydrogens (primary N) is 1. The quantitative estimate of drug-likeness (QED) is 0.200. The molecule has 1 saturated heterocycles. The number of rotatable bonds is 14. The van der Waals surface area contributed by atoms with E-state index in [9.17, 15) is 27.9 Å². The van der Waals surface area contributed by atoms with E-state index >= 15 is 0 Å². The maximum Gasteiger partial charge on any atom is 0.245 e. The van der Waals surface area contributed by atoms with Crippen LogP contribution in [0.25, 0.3) is 0 Å². The van der Waals surface area contributed by atoms with E-state index in [-0.39, 0.29) is 30.7 Å². The Bertz CT molecular complexity index is 1180. The predicted octanol–water partition coefficient (Wildman–Crippen LogP) is 2.06. The Kier molecular flexibility index (Phi) is 9.00. The molecular formula is C28H40N4O6S. The number of hydrogen-bond donors (Lipinski definition) is 4. The molecule has 0 unspecified atom stereocenters. The minimum atomic E-state index is -3.59. The van der Waals surface area contributed by atoms with Crippen molar-refractivity contribution < 1.29 is 27.9 Å². The monoisotopic (exact) mass is 560 g/mol. The van der Waals surface area contributed by atoms with Gasteiger partial charge in [0.1, 0.15) is 12.1 Å². The molecule has 4 rings (SSSR count). The SMILES string of the molecule is CC1(S(=O)(=O)NC(=O)[C@H]2C[C@H]2/C=C\CCCCC[C@H](Nc2ccccc2)C(=O)N2C[C@H](O)C[C@H]2C(N)=O)CC1. The summed E-state index contributed by atoms with van der Waals surface area (Å²) >= 11 is 0. The number of carbonyl (C=O) groups excluding carboxylic acids is 3. The first kappa shape index (κ1) is 29.1. The van der Waals surface area contributed by atoms with Gasteiger partial charge in [-0.1, -0.05) is 43.2 Å². The molecule has 1 aromatic carbocycles. The number of nitrogens with one attached hydrogen (secondary N) is 2. The van der Waals surface area contributed by atoms with Gasteiger partial charge in [-0.3, -0.25) is 19.1 Å². The summed E-state index contributed by atoms with van der Waals surface area (Å²) in [5.41, 5.74) is 6.29. The fourth-order valence-corrected chi connectivity index (χ4v) is 6.39. The first-order valence-corrected chi connectivity index (χ1v) is 15.3. The maximum absolute atomic E-state index is 13.4. The molecule has 0 spiro atoms. The molecular weight excluding hydrogens is 520 g/mol. The molecule has 1 heterocycles. The van der Waals surface area contributed by atoms with Gasteiger partial charge < -0.3 is 21.1 Å². The molecule has 1 aliphatic heterocycles. The number of likely N-dealkylation sites (tertiary alicyclic amines) is 1. The molecule has 5 atom stereocenters. The normalized spacial score (nSPS) is 26.3. The van der Waals surface area contributed by atoms with Gasteiger partial charge in [-0.05, 0) is 63.5 Å². The molecule has 0 radical (unpaired) electrons. The zero-order valence-corrected chi connectivity index (χ0v) is 23.2. The standard InChI is InChI=1S/C28H40N4O6S/c1-28(14-15-28)39(37,38)31-26(35)22-16-19(22)10-6-3-2-4-9-13-23(30-20-11-7-5-8-12-20)27(36)32-18-21(33)17-24(32)25(29)34/h5-8,10-12,19,21-24,30,33H,2-4,9,13-18H2,1H3,(H2,29,34)(H,31,35)/b10-6-/t19-,21-,22+,23+,24+/m1/s1. The Morgan fingerprint density at radius 2 is 1.87 bits per heavy atom. The number of benzene rings is 1. The Hall–Kier alpha value is -2.92. The third-order valence-electron chi connectivity index (χ3n) is 8.06. The Morgan fingerprint density at radius 1 is 1.15 bits per heavy atom. The van der Waals surface area contributed by atoms with Gasteiger partial charge in [0.15, 0.2) is 0 Å². The summed E-state index contributed by atoms with van der Waals surface area (Å²) in [7, 11) is -3.59. The van der Waals surface area contributed by atoms with Gasteiger partial charge in [0.25, 0.3) is 0 Å². The molecule has 0 aromatic heterocycles. The maximum atomic E-state index is 13.4. The van der Waals surface area contributed by atoms with Crippen LogP contribution in [0.15, 0.2) is 42.5 Å². The topological polar surface area (TPSA) is 159 Å². The second-order valence-electron chi connectivity index (χ2n) is 11.4. The van der Waals surface area contributed by atoms with Gasteiger partial charge in [0.2, 0.25) is 27.7 Å². The number of sulfonamides is 1. The first-order valence-electron chi connectivity index (χ1n) is 13.8. The van der Waals surface area contributed by atoms with Crippen LogP contribution in [0.2, 0.25) is 0 Å². The van der Waals surface area contributed by atoms with Gasteiger partial charge in [-0.15, -0.1) is 0 Å². The average molecular weight is 561 g/mol. The van der Waals surface area contributed by atoms with E-state index in [1.54, 1.807) is 6.92 Å². The Balaban J connectivity index is 1.20. The number of para-hydroxylation sites is 1. The highest BCUT2D eigenvalue weighted by atomic mass is 32.2. The largest absolute Gasteiger partial charge is 0.391 e. The highest BCUT2D eigenvalue weighted by molar-refractivity contribution is 7.91. The molecule has 2 aliphatic carbocycles. The van der Waals surface area contributed by atoms with E-state index in [4.69, 9.17) is 5.73 Å². The fourth-order valence-electron chi connectivity index (χ4n) is 5.08. The number of allylic oxidation sites excluding steroid dienone is 2. The molecule has 39 heavy (non-hydrogen) atoms. The summed E-state index contributed by atoms with van der Waals surface area (Å²) in [5, 5.41) is 13.3. The average Bonchev–Trinajstić information content (AvgIpc) is 3.80. The Labute approximate surface area is 230 Å². The van der Waals surface area contributed by atoms with Crippen LogP contribution in [-0.4, -0.2) is 65.6 Å². The molecule has 214 valence electrons. The second-order valence-corrected chi connectivity index (χ2v) is 13.5.